The molecule has 1 aromatic heterocycles. The topological polar surface area (TPSA) is 24.9 Å². The number of hydrogen-bond acceptors (Lipinski definition) is 2. The lowest BCUT2D eigenvalue weighted by Gasteiger charge is -2.20. The highest BCUT2D eigenvalue weighted by Crippen LogP contribution is 2.19. The molecule has 0 saturated carbocycles. The maximum atomic E-state index is 4.34. The zero-order chi connectivity index (χ0) is 9.10. The summed E-state index contributed by atoms with van der Waals surface area (Å²) in [5.74, 6) is 0. The second kappa shape index (κ2) is 3.71. The van der Waals surface area contributed by atoms with Gasteiger partial charge in [0, 0.05) is 18.8 Å². The minimum absolute atomic E-state index is 0.571. The van der Waals surface area contributed by atoms with E-state index < -0.39 is 0 Å². The molecule has 0 spiro atoms. The molecule has 13 heavy (non-hydrogen) atoms. The zero-order valence-corrected chi connectivity index (χ0v) is 7.83. The van der Waals surface area contributed by atoms with Gasteiger partial charge in [-0.2, -0.15) is 0 Å². The lowest BCUT2D eigenvalue weighted by molar-refractivity contribution is 0.578. The predicted molar refractivity (Wildman–Crippen MR) is 54.3 cm³/mol. The summed E-state index contributed by atoms with van der Waals surface area (Å²) in [6.45, 7) is 3.17. The van der Waals surface area contributed by atoms with Crippen LogP contribution in [0, 0.1) is 0 Å². The first-order valence-corrected chi connectivity index (χ1v) is 4.70. The van der Waals surface area contributed by atoms with Crippen molar-refractivity contribution in [2.45, 2.75) is 19.4 Å². The smallest absolute Gasteiger partial charge is 0.0659 e. The van der Waals surface area contributed by atoms with Crippen LogP contribution in [0.4, 0.5) is 0 Å². The van der Waals surface area contributed by atoms with Crippen molar-refractivity contribution in [1.82, 2.24) is 10.3 Å². The van der Waals surface area contributed by atoms with Crippen LogP contribution in [0.25, 0.3) is 5.57 Å². The van der Waals surface area contributed by atoms with Gasteiger partial charge in [-0.3, -0.25) is 4.98 Å². The molecule has 1 atom stereocenters. The molecule has 68 valence electrons. The number of hydrogen-bond donors (Lipinski definition) is 1. The third kappa shape index (κ3) is 1.95. The Hall–Kier alpha value is -1.15. The van der Waals surface area contributed by atoms with Crippen molar-refractivity contribution in [2.24, 2.45) is 0 Å². The van der Waals surface area contributed by atoms with Gasteiger partial charge in [0.1, 0.15) is 0 Å². The van der Waals surface area contributed by atoms with Crippen LogP contribution in [-0.2, 0) is 0 Å². The van der Waals surface area contributed by atoms with Gasteiger partial charge in [0.25, 0.3) is 0 Å². The zero-order valence-electron chi connectivity index (χ0n) is 7.83. The molecule has 1 aromatic rings. The molecule has 0 fully saturated rings. The Morgan fingerprint density at radius 3 is 3.08 bits per heavy atom. The molecule has 0 radical (unpaired) electrons. The highest BCUT2D eigenvalue weighted by atomic mass is 14.9. The number of aromatic nitrogens is 1. The summed E-state index contributed by atoms with van der Waals surface area (Å²) in [5, 5.41) is 3.38. The summed E-state index contributed by atoms with van der Waals surface area (Å²) in [5.41, 5.74) is 2.49. The molecule has 2 heterocycles. The molecule has 2 heteroatoms. The number of nitrogens with zero attached hydrogens (tertiary/aromatic N) is 1. The Labute approximate surface area is 78.7 Å². The Morgan fingerprint density at radius 1 is 1.46 bits per heavy atom. The fraction of sp³-hybridized carbons (Fsp3) is 0.364. The van der Waals surface area contributed by atoms with Gasteiger partial charge in [-0.05, 0) is 31.1 Å². The predicted octanol–water partition coefficient (Wildman–Crippen LogP) is 1.85. The Morgan fingerprint density at radius 2 is 2.38 bits per heavy atom. The van der Waals surface area contributed by atoms with Crippen molar-refractivity contribution in [1.29, 1.82) is 0 Å². The molecule has 1 aliphatic heterocycles. The van der Waals surface area contributed by atoms with Gasteiger partial charge in [0.2, 0.25) is 0 Å². The van der Waals surface area contributed by atoms with Crippen molar-refractivity contribution < 1.29 is 0 Å². The molecule has 2 nitrogen and oxygen atoms in total. The van der Waals surface area contributed by atoms with E-state index in [0.29, 0.717) is 6.04 Å². The van der Waals surface area contributed by atoms with Crippen LogP contribution in [0.2, 0.25) is 0 Å². The Kier molecular flexibility index (Phi) is 2.41. The van der Waals surface area contributed by atoms with Crippen molar-refractivity contribution >= 4 is 5.57 Å². The van der Waals surface area contributed by atoms with E-state index in [4.69, 9.17) is 0 Å². The summed E-state index contributed by atoms with van der Waals surface area (Å²) in [7, 11) is 0. The molecule has 0 bridgehead atoms. The van der Waals surface area contributed by atoms with Gasteiger partial charge in [-0.25, -0.2) is 0 Å². The molecular formula is C11H14N2. The van der Waals surface area contributed by atoms with E-state index in [1.807, 2.05) is 18.3 Å². The molecule has 1 aliphatic rings. The van der Waals surface area contributed by atoms with Crippen LogP contribution in [-0.4, -0.2) is 17.6 Å². The SMILES string of the molecule is CC1CC(c2ccccn2)=CCN1. The third-order valence-electron chi connectivity index (χ3n) is 2.33. The molecule has 1 N–H and O–H groups in total. The van der Waals surface area contributed by atoms with Gasteiger partial charge in [0.05, 0.1) is 5.69 Å². The first-order chi connectivity index (χ1) is 6.36. The average molecular weight is 174 g/mol. The van der Waals surface area contributed by atoms with Crippen molar-refractivity contribution in [2.75, 3.05) is 6.54 Å². The van der Waals surface area contributed by atoms with Crippen molar-refractivity contribution in [3.05, 3.63) is 36.2 Å². The second-order valence-electron chi connectivity index (χ2n) is 3.46. The average Bonchev–Trinajstić information content (AvgIpc) is 2.19. The summed E-state index contributed by atoms with van der Waals surface area (Å²) in [4.78, 5) is 4.34. The molecule has 1 unspecified atom stereocenters. The molecular weight excluding hydrogens is 160 g/mol. The fourth-order valence-corrected chi connectivity index (χ4v) is 1.63. The van der Waals surface area contributed by atoms with E-state index in [2.05, 4.69) is 29.4 Å². The molecule has 2 rings (SSSR count). The third-order valence-corrected chi connectivity index (χ3v) is 2.33. The minimum atomic E-state index is 0.571. The standard InChI is InChI=1S/C11H14N2/c1-9-8-10(5-7-12-9)11-4-2-3-6-13-11/h2-6,9,12H,7-8H2,1H3. The van der Waals surface area contributed by atoms with Crippen molar-refractivity contribution in [3.8, 4) is 0 Å². The fourth-order valence-electron chi connectivity index (χ4n) is 1.63. The first-order valence-electron chi connectivity index (χ1n) is 4.70. The van der Waals surface area contributed by atoms with E-state index in [1.165, 1.54) is 5.57 Å². The monoisotopic (exact) mass is 174 g/mol. The highest BCUT2D eigenvalue weighted by Gasteiger charge is 2.11. The maximum Gasteiger partial charge on any atom is 0.0659 e. The van der Waals surface area contributed by atoms with Gasteiger partial charge >= 0.3 is 0 Å². The maximum absolute atomic E-state index is 4.34. The summed E-state index contributed by atoms with van der Waals surface area (Å²) >= 11 is 0. The lowest BCUT2D eigenvalue weighted by atomic mass is 10.0. The van der Waals surface area contributed by atoms with Gasteiger partial charge in [0.15, 0.2) is 0 Å². The largest absolute Gasteiger partial charge is 0.310 e. The number of pyridine rings is 1. The van der Waals surface area contributed by atoms with Crippen LogP contribution in [0.5, 0.6) is 0 Å². The molecule has 0 amide bonds. The minimum Gasteiger partial charge on any atom is -0.310 e. The summed E-state index contributed by atoms with van der Waals surface area (Å²) in [6.07, 6.45) is 5.15. The first kappa shape index (κ1) is 8.45. The molecule has 0 aliphatic carbocycles. The molecule has 0 saturated heterocycles. The second-order valence-corrected chi connectivity index (χ2v) is 3.46. The van der Waals surface area contributed by atoms with Crippen LogP contribution in [0.15, 0.2) is 30.5 Å². The van der Waals surface area contributed by atoms with Crippen LogP contribution >= 0.6 is 0 Å². The normalized spacial score (nSPS) is 22.5. The Balaban J connectivity index is 2.22. The lowest BCUT2D eigenvalue weighted by Crippen LogP contribution is -2.30. The van der Waals surface area contributed by atoms with E-state index in [1.54, 1.807) is 0 Å². The van der Waals surface area contributed by atoms with Crippen molar-refractivity contribution in [3.63, 3.8) is 0 Å². The number of rotatable bonds is 1. The van der Waals surface area contributed by atoms with Crippen LogP contribution in [0.1, 0.15) is 19.0 Å². The van der Waals surface area contributed by atoms with Crippen LogP contribution in [0.3, 0.4) is 0 Å². The molecule has 0 aromatic carbocycles. The van der Waals surface area contributed by atoms with Gasteiger partial charge in [-0.15, -0.1) is 0 Å². The number of nitrogens with one attached hydrogen (secondary N) is 1. The summed E-state index contributed by atoms with van der Waals surface area (Å²) in [6, 6.07) is 6.64. The Bertz CT molecular complexity index is 303. The van der Waals surface area contributed by atoms with Crippen LogP contribution < -0.4 is 5.32 Å². The quantitative estimate of drug-likeness (QED) is 0.702. The van der Waals surface area contributed by atoms with E-state index in [9.17, 15) is 0 Å². The van der Waals surface area contributed by atoms with E-state index in [0.717, 1.165) is 18.7 Å². The van der Waals surface area contributed by atoms with E-state index in [-0.39, 0.29) is 0 Å². The highest BCUT2D eigenvalue weighted by molar-refractivity contribution is 5.63. The van der Waals surface area contributed by atoms with E-state index >= 15 is 0 Å². The summed E-state index contributed by atoms with van der Waals surface area (Å²) < 4.78 is 0. The van der Waals surface area contributed by atoms with Gasteiger partial charge < -0.3 is 5.32 Å². The van der Waals surface area contributed by atoms with Gasteiger partial charge in [-0.1, -0.05) is 12.1 Å².